The van der Waals surface area contributed by atoms with Gasteiger partial charge < -0.3 is 30.9 Å². The number of ether oxygens (including phenoxy) is 1. The molecule has 224 valence electrons. The summed E-state index contributed by atoms with van der Waals surface area (Å²) in [5.74, 6) is -2.07. The molecule has 0 saturated heterocycles. The van der Waals surface area contributed by atoms with E-state index in [1.165, 1.54) is 41.7 Å². The molecule has 0 atom stereocenters. The van der Waals surface area contributed by atoms with Crippen molar-refractivity contribution in [3.63, 3.8) is 0 Å². The number of hydrogen-bond donors (Lipinski definition) is 4. The normalized spacial score (nSPS) is 14.0. The first kappa shape index (κ1) is 29.9. The SMILES string of the molecule is CN/C(=C\NCCN(C)C)c1cc2nccc(Oc3ccc(NC(=O)C4(C(=O)Nc5ccccc5F)CC4)cc3F)c2s1. The molecule has 5 rings (SSSR count). The third kappa shape index (κ3) is 6.76. The van der Waals surface area contributed by atoms with Crippen LogP contribution in [0.2, 0.25) is 0 Å². The van der Waals surface area contributed by atoms with Gasteiger partial charge in [-0.1, -0.05) is 12.1 Å². The van der Waals surface area contributed by atoms with E-state index < -0.39 is 28.9 Å². The Morgan fingerprint density at radius 1 is 1.02 bits per heavy atom. The number of likely N-dealkylation sites (N-methyl/N-ethyl adjacent to an activating group) is 1. The molecule has 1 fully saturated rings. The van der Waals surface area contributed by atoms with Crippen LogP contribution < -0.4 is 26.0 Å². The minimum absolute atomic E-state index is 0.00271. The van der Waals surface area contributed by atoms with E-state index >= 15 is 4.39 Å². The fourth-order valence-corrected chi connectivity index (χ4v) is 5.46. The summed E-state index contributed by atoms with van der Waals surface area (Å²) in [7, 11) is 5.86. The highest BCUT2D eigenvalue weighted by Crippen LogP contribution is 2.48. The molecule has 2 heterocycles. The summed E-state index contributed by atoms with van der Waals surface area (Å²) in [6.07, 6.45) is 4.12. The molecule has 1 aliphatic carbocycles. The Hall–Kier alpha value is -4.55. The highest BCUT2D eigenvalue weighted by molar-refractivity contribution is 7.20. The van der Waals surface area contributed by atoms with Crippen molar-refractivity contribution in [1.82, 2.24) is 20.5 Å². The second-order valence-electron chi connectivity index (χ2n) is 10.4. The van der Waals surface area contributed by atoms with Crippen LogP contribution in [0.4, 0.5) is 20.2 Å². The Labute approximate surface area is 251 Å². The molecule has 1 saturated carbocycles. The van der Waals surface area contributed by atoms with E-state index in [-0.39, 0.29) is 17.1 Å². The number of fused-ring (bicyclic) bond motifs is 1. The number of nitrogens with one attached hydrogen (secondary N) is 4. The maximum atomic E-state index is 15.2. The average Bonchev–Trinajstić information content (AvgIpc) is 3.69. The molecular weight excluding hydrogens is 574 g/mol. The van der Waals surface area contributed by atoms with Gasteiger partial charge in [0.2, 0.25) is 11.8 Å². The van der Waals surface area contributed by atoms with Gasteiger partial charge in [0.1, 0.15) is 17.0 Å². The monoisotopic (exact) mass is 606 g/mol. The van der Waals surface area contributed by atoms with E-state index in [1.807, 2.05) is 33.4 Å². The standard InChI is InChI=1S/C31H32F2N6O3S/c1-34-24(18-35-14-15-39(2)3)27-17-23-28(43-27)26(10-13-36-23)42-25-9-8-19(16-21(25)33)37-29(40)31(11-12-31)30(41)38-22-7-5-4-6-20(22)32/h4-10,13,16-18,34-35H,11-12,14-15H2,1-3H3,(H,37,40)(H,38,41)/b24-18-. The van der Waals surface area contributed by atoms with Crippen molar-refractivity contribution >= 4 is 50.4 Å². The number of carbonyl (C=O) groups is 2. The number of amides is 2. The van der Waals surface area contributed by atoms with Crippen LogP contribution in [0.25, 0.3) is 15.9 Å². The number of nitrogens with zero attached hydrogens (tertiary/aromatic N) is 2. The second-order valence-corrected chi connectivity index (χ2v) is 11.5. The van der Waals surface area contributed by atoms with E-state index in [2.05, 4.69) is 31.2 Å². The Kier molecular flexibility index (Phi) is 8.88. The van der Waals surface area contributed by atoms with Gasteiger partial charge in [-0.2, -0.15) is 0 Å². The van der Waals surface area contributed by atoms with Crippen LogP contribution in [0.1, 0.15) is 17.7 Å². The average molecular weight is 607 g/mol. The van der Waals surface area contributed by atoms with Gasteiger partial charge in [0.15, 0.2) is 11.6 Å². The molecular formula is C31H32F2N6O3S. The first-order chi connectivity index (χ1) is 20.7. The topological polar surface area (TPSA) is 108 Å². The predicted molar refractivity (Wildman–Crippen MR) is 165 cm³/mol. The summed E-state index contributed by atoms with van der Waals surface area (Å²) in [5.41, 5.74) is 0.422. The smallest absolute Gasteiger partial charge is 0.240 e. The first-order valence-electron chi connectivity index (χ1n) is 13.7. The van der Waals surface area contributed by atoms with Crippen molar-refractivity contribution < 1.29 is 23.1 Å². The van der Waals surface area contributed by atoms with Gasteiger partial charge in [0, 0.05) is 50.4 Å². The number of para-hydroxylation sites is 1. The summed E-state index contributed by atoms with van der Waals surface area (Å²) >= 11 is 1.46. The maximum absolute atomic E-state index is 15.2. The predicted octanol–water partition coefficient (Wildman–Crippen LogP) is 5.39. The number of hydrogen-bond acceptors (Lipinski definition) is 8. The van der Waals surface area contributed by atoms with Gasteiger partial charge >= 0.3 is 0 Å². The highest BCUT2D eigenvalue weighted by atomic mass is 32.1. The van der Waals surface area contributed by atoms with Crippen LogP contribution in [0, 0.1) is 17.0 Å². The molecule has 2 amide bonds. The van der Waals surface area contributed by atoms with E-state index in [4.69, 9.17) is 4.74 Å². The molecule has 0 bridgehead atoms. The molecule has 2 aromatic carbocycles. The molecule has 1 aliphatic rings. The zero-order valence-corrected chi connectivity index (χ0v) is 24.8. The van der Waals surface area contributed by atoms with Gasteiger partial charge in [-0.3, -0.25) is 14.6 Å². The lowest BCUT2D eigenvalue weighted by Gasteiger charge is -2.16. The van der Waals surface area contributed by atoms with Crippen molar-refractivity contribution in [3.8, 4) is 11.5 Å². The molecule has 0 radical (unpaired) electrons. The largest absolute Gasteiger partial charge is 0.453 e. The van der Waals surface area contributed by atoms with Crippen molar-refractivity contribution in [3.05, 3.63) is 83.5 Å². The van der Waals surface area contributed by atoms with Crippen LogP contribution in [0.3, 0.4) is 0 Å². The quantitative estimate of drug-likeness (QED) is 0.127. The van der Waals surface area contributed by atoms with Crippen molar-refractivity contribution in [2.24, 2.45) is 5.41 Å². The Morgan fingerprint density at radius 2 is 1.79 bits per heavy atom. The Bertz CT molecular complexity index is 1690. The van der Waals surface area contributed by atoms with Gasteiger partial charge in [-0.25, -0.2) is 8.78 Å². The lowest BCUT2D eigenvalue weighted by Crippen LogP contribution is -2.35. The second kappa shape index (κ2) is 12.8. The third-order valence-corrected chi connectivity index (χ3v) is 8.18. The van der Waals surface area contributed by atoms with Crippen LogP contribution in [-0.4, -0.2) is 55.9 Å². The zero-order valence-electron chi connectivity index (χ0n) is 24.0. The zero-order chi connectivity index (χ0) is 30.6. The lowest BCUT2D eigenvalue weighted by molar-refractivity contribution is -0.131. The van der Waals surface area contributed by atoms with Crippen molar-refractivity contribution in [1.29, 1.82) is 0 Å². The third-order valence-electron chi connectivity index (χ3n) is 7.01. The molecule has 9 nitrogen and oxygen atoms in total. The van der Waals surface area contributed by atoms with E-state index in [9.17, 15) is 14.0 Å². The minimum Gasteiger partial charge on any atom is -0.453 e. The number of aromatic nitrogens is 1. The first-order valence-corrected chi connectivity index (χ1v) is 14.5. The fourth-order valence-electron chi connectivity index (χ4n) is 4.37. The summed E-state index contributed by atoms with van der Waals surface area (Å²) < 4.78 is 35.9. The number of anilines is 2. The number of thiophene rings is 1. The molecule has 4 N–H and O–H groups in total. The van der Waals surface area contributed by atoms with Crippen LogP contribution >= 0.6 is 11.3 Å². The van der Waals surface area contributed by atoms with E-state index in [0.717, 1.165) is 34.4 Å². The summed E-state index contributed by atoms with van der Waals surface area (Å²) in [6, 6.07) is 13.4. The van der Waals surface area contributed by atoms with Gasteiger partial charge in [0.25, 0.3) is 0 Å². The van der Waals surface area contributed by atoms with Gasteiger partial charge in [-0.05, 0) is 57.3 Å². The van der Waals surface area contributed by atoms with Crippen molar-refractivity contribution in [2.75, 3.05) is 44.9 Å². The molecule has 0 aliphatic heterocycles. The van der Waals surface area contributed by atoms with Crippen LogP contribution in [0.5, 0.6) is 11.5 Å². The molecule has 0 unspecified atom stereocenters. The molecule has 4 aromatic rings. The van der Waals surface area contributed by atoms with Crippen LogP contribution in [-0.2, 0) is 9.59 Å². The van der Waals surface area contributed by atoms with Gasteiger partial charge in [0.05, 0.1) is 26.5 Å². The Balaban J connectivity index is 1.27. The molecule has 12 heteroatoms. The fraction of sp³-hybridized carbons (Fsp3) is 0.258. The number of pyridine rings is 1. The summed E-state index contributed by atoms with van der Waals surface area (Å²) in [4.78, 5) is 33.3. The highest BCUT2D eigenvalue weighted by Gasteiger charge is 2.56. The van der Waals surface area contributed by atoms with Gasteiger partial charge in [-0.15, -0.1) is 11.3 Å². The summed E-state index contributed by atoms with van der Waals surface area (Å²) in [6.45, 7) is 1.67. The van der Waals surface area contributed by atoms with Crippen molar-refractivity contribution in [2.45, 2.75) is 12.8 Å². The number of halogens is 2. The van der Waals surface area contributed by atoms with Crippen LogP contribution in [0.15, 0.2) is 67.0 Å². The maximum Gasteiger partial charge on any atom is 0.240 e. The lowest BCUT2D eigenvalue weighted by atomic mass is 10.0. The molecule has 2 aromatic heterocycles. The van der Waals surface area contributed by atoms with E-state index in [1.54, 1.807) is 18.3 Å². The number of rotatable bonds is 12. The Morgan fingerprint density at radius 3 is 2.49 bits per heavy atom. The number of carbonyl (C=O) groups excluding carboxylic acids is 2. The minimum atomic E-state index is -1.34. The summed E-state index contributed by atoms with van der Waals surface area (Å²) in [5, 5.41) is 11.6. The molecule has 43 heavy (non-hydrogen) atoms. The molecule has 0 spiro atoms. The number of benzene rings is 2. The van der Waals surface area contributed by atoms with E-state index in [0.29, 0.717) is 24.1 Å².